The number of carbonyl (C=O) groups is 1. The van der Waals surface area contributed by atoms with E-state index in [4.69, 9.17) is 9.47 Å². The van der Waals surface area contributed by atoms with Crippen LogP contribution in [0.2, 0.25) is 0 Å². The monoisotopic (exact) mass is 261 g/mol. The fourth-order valence-electron chi connectivity index (χ4n) is 1.64. The lowest BCUT2D eigenvalue weighted by Crippen LogP contribution is -2.57. The molecule has 0 unspecified atom stereocenters. The Morgan fingerprint density at radius 3 is 1.78 bits per heavy atom. The average Bonchev–Trinajstić information content (AvgIpc) is 2.28. The highest BCUT2D eigenvalue weighted by molar-refractivity contribution is 5.65. The van der Waals surface area contributed by atoms with E-state index in [1.165, 1.54) is 6.92 Å². The van der Waals surface area contributed by atoms with Crippen molar-refractivity contribution in [1.29, 1.82) is 0 Å². The van der Waals surface area contributed by atoms with E-state index in [1.807, 2.05) is 34.7 Å². The molecule has 0 aromatic carbocycles. The van der Waals surface area contributed by atoms with Gasteiger partial charge in [0.15, 0.2) is 0 Å². The van der Waals surface area contributed by atoms with E-state index in [2.05, 4.69) is 18.7 Å². The summed E-state index contributed by atoms with van der Waals surface area (Å²) in [6.45, 7) is 14.7. The van der Waals surface area contributed by atoms with Crippen molar-refractivity contribution in [2.24, 2.45) is 0 Å². The van der Waals surface area contributed by atoms with Crippen LogP contribution in [0.4, 0.5) is 0 Å². The molecule has 0 amide bonds. The van der Waals surface area contributed by atoms with Gasteiger partial charge in [-0.15, -0.1) is 0 Å². The number of nitrogens with zero attached hydrogens (tertiary/aromatic N) is 1. The number of methoxy groups -OCH3 is 1. The number of ether oxygens (including phenoxy) is 2. The van der Waals surface area contributed by atoms with Crippen molar-refractivity contribution in [3.8, 4) is 0 Å². The minimum atomic E-state index is -0.244. The van der Waals surface area contributed by atoms with Gasteiger partial charge >= 0.3 is 5.97 Å². The molecular weight excluding hydrogens is 230 g/mol. The first kappa shape index (κ1) is 19.7. The summed E-state index contributed by atoms with van der Waals surface area (Å²) < 4.78 is 10.3. The topological polar surface area (TPSA) is 38.8 Å². The maximum atomic E-state index is 10.8. The number of esters is 1. The van der Waals surface area contributed by atoms with Crippen LogP contribution in [0.15, 0.2) is 0 Å². The summed E-state index contributed by atoms with van der Waals surface area (Å²) in [5, 5.41) is 0. The summed E-state index contributed by atoms with van der Waals surface area (Å²) in [5.74, 6) is -0.244. The minimum absolute atomic E-state index is 0.0988. The van der Waals surface area contributed by atoms with E-state index < -0.39 is 0 Å². The van der Waals surface area contributed by atoms with E-state index in [-0.39, 0.29) is 17.0 Å². The second-order valence-electron chi connectivity index (χ2n) is 5.40. The van der Waals surface area contributed by atoms with Gasteiger partial charge in [0.2, 0.25) is 0 Å². The van der Waals surface area contributed by atoms with Gasteiger partial charge in [0.1, 0.15) is 6.61 Å². The molecule has 110 valence electrons. The third-order valence-corrected chi connectivity index (χ3v) is 2.94. The van der Waals surface area contributed by atoms with E-state index >= 15 is 0 Å². The van der Waals surface area contributed by atoms with Crippen molar-refractivity contribution in [1.82, 2.24) is 4.90 Å². The Balaban J connectivity index is 0. The molecule has 0 aromatic rings. The smallest absolute Gasteiger partial charge is 0.302 e. The molecule has 0 fully saturated rings. The molecule has 0 saturated carbocycles. The Morgan fingerprint density at radius 1 is 1.06 bits per heavy atom. The predicted molar refractivity (Wildman–Crippen MR) is 75.8 cm³/mol. The second-order valence-corrected chi connectivity index (χ2v) is 5.40. The summed E-state index contributed by atoms with van der Waals surface area (Å²) in [6.07, 6.45) is 0. The maximum Gasteiger partial charge on any atom is 0.302 e. The summed E-state index contributed by atoms with van der Waals surface area (Å²) >= 11 is 0. The summed E-state index contributed by atoms with van der Waals surface area (Å²) in [6, 6.07) is 0. The maximum absolute atomic E-state index is 10.8. The van der Waals surface area contributed by atoms with Crippen molar-refractivity contribution in [3.63, 3.8) is 0 Å². The highest BCUT2D eigenvalue weighted by Crippen LogP contribution is 2.23. The van der Waals surface area contributed by atoms with Crippen molar-refractivity contribution in [2.75, 3.05) is 27.4 Å². The lowest BCUT2D eigenvalue weighted by Gasteiger charge is -2.45. The molecule has 0 rings (SSSR count). The van der Waals surface area contributed by atoms with Gasteiger partial charge in [0, 0.05) is 25.1 Å². The minimum Gasteiger partial charge on any atom is -0.464 e. The van der Waals surface area contributed by atoms with Gasteiger partial charge in [-0.05, 0) is 34.7 Å². The van der Waals surface area contributed by atoms with Crippen LogP contribution < -0.4 is 0 Å². The zero-order valence-corrected chi connectivity index (χ0v) is 13.6. The lowest BCUT2D eigenvalue weighted by atomic mass is 9.95. The predicted octanol–water partition coefficient (Wildman–Crippen LogP) is 2.71. The van der Waals surface area contributed by atoms with Gasteiger partial charge in [0.05, 0.1) is 6.61 Å². The van der Waals surface area contributed by atoms with Crippen LogP contribution in [-0.4, -0.2) is 49.3 Å². The molecule has 0 saturated heterocycles. The van der Waals surface area contributed by atoms with Crippen LogP contribution in [0.25, 0.3) is 0 Å². The van der Waals surface area contributed by atoms with E-state index in [1.54, 1.807) is 7.11 Å². The molecule has 4 heteroatoms. The number of rotatable bonds is 6. The molecule has 0 aliphatic carbocycles. The molecule has 0 aliphatic rings. The third-order valence-electron chi connectivity index (χ3n) is 2.94. The summed E-state index contributed by atoms with van der Waals surface area (Å²) in [5.41, 5.74) is -0.313. The van der Waals surface area contributed by atoms with Crippen molar-refractivity contribution >= 4 is 5.97 Å². The fourth-order valence-corrected chi connectivity index (χ4v) is 1.64. The molecule has 0 radical (unpaired) electrons. The fraction of sp³-hybridized carbons (Fsp3) is 0.929. The van der Waals surface area contributed by atoms with Gasteiger partial charge in [-0.1, -0.05) is 13.8 Å². The second kappa shape index (κ2) is 8.48. The highest BCUT2D eigenvalue weighted by Gasteiger charge is 2.35. The largest absolute Gasteiger partial charge is 0.464 e. The van der Waals surface area contributed by atoms with Crippen molar-refractivity contribution in [3.05, 3.63) is 0 Å². The molecule has 0 heterocycles. The van der Waals surface area contributed by atoms with E-state index in [0.717, 1.165) is 0 Å². The van der Waals surface area contributed by atoms with Gasteiger partial charge in [-0.2, -0.15) is 0 Å². The van der Waals surface area contributed by atoms with Crippen molar-refractivity contribution in [2.45, 2.75) is 59.5 Å². The number of carbonyl (C=O) groups excluding carboxylic acids is 1. The molecule has 4 nitrogen and oxygen atoms in total. The Morgan fingerprint density at radius 2 is 1.44 bits per heavy atom. The summed E-state index contributed by atoms with van der Waals surface area (Å²) in [4.78, 5) is 13.0. The Kier molecular flexibility index (Phi) is 9.30. The zero-order chi connectivity index (χ0) is 15.0. The van der Waals surface area contributed by atoms with E-state index in [0.29, 0.717) is 13.2 Å². The van der Waals surface area contributed by atoms with Gasteiger partial charge in [-0.3, -0.25) is 9.69 Å². The quantitative estimate of drug-likeness (QED) is 0.689. The number of likely N-dealkylation sites (N-methyl/N-ethyl adjacent to an activating group) is 1. The van der Waals surface area contributed by atoms with Crippen LogP contribution in [-0.2, 0) is 14.3 Å². The van der Waals surface area contributed by atoms with E-state index in [9.17, 15) is 4.79 Å². The molecular formula is C14H31NO3. The van der Waals surface area contributed by atoms with Crippen molar-refractivity contribution < 1.29 is 14.3 Å². The molecule has 0 aromatic heterocycles. The molecule has 0 spiro atoms. The van der Waals surface area contributed by atoms with Crippen LogP contribution in [0.3, 0.4) is 0 Å². The first-order chi connectivity index (χ1) is 8.13. The first-order valence-electron chi connectivity index (χ1n) is 6.50. The molecule has 0 aliphatic heterocycles. The Labute approximate surface area is 113 Å². The zero-order valence-electron chi connectivity index (χ0n) is 13.6. The van der Waals surface area contributed by atoms with Gasteiger partial charge in [-0.25, -0.2) is 0 Å². The average molecular weight is 261 g/mol. The van der Waals surface area contributed by atoms with Crippen LogP contribution in [0.5, 0.6) is 0 Å². The molecule has 18 heavy (non-hydrogen) atoms. The van der Waals surface area contributed by atoms with Crippen LogP contribution >= 0.6 is 0 Å². The van der Waals surface area contributed by atoms with Crippen LogP contribution in [0, 0.1) is 0 Å². The third kappa shape index (κ3) is 6.97. The molecule has 0 bridgehead atoms. The Bertz CT molecular complexity index is 237. The molecule has 0 N–H and O–H groups in total. The number of hydrogen-bond acceptors (Lipinski definition) is 4. The summed E-state index contributed by atoms with van der Waals surface area (Å²) in [7, 11) is 3.71. The SMILES string of the molecule is CC.COCC(C)(C)N(C)C(C)(C)COC(C)=O. The first-order valence-corrected chi connectivity index (χ1v) is 6.50. The number of hydrogen-bond donors (Lipinski definition) is 0. The lowest BCUT2D eigenvalue weighted by molar-refractivity contribution is -0.146. The Hall–Kier alpha value is -0.610. The molecule has 0 atom stereocenters. The highest BCUT2D eigenvalue weighted by atomic mass is 16.5. The normalized spacial score (nSPS) is 11.9. The van der Waals surface area contributed by atoms with Gasteiger partial charge < -0.3 is 9.47 Å². The standard InChI is InChI=1S/C12H25NO3.C2H6/c1-10(14)16-9-12(4,5)13(6)11(2,3)8-15-7;1-2/h8-9H2,1-7H3;1-2H3. The van der Waals surface area contributed by atoms with Gasteiger partial charge in [0.25, 0.3) is 0 Å². The van der Waals surface area contributed by atoms with Crippen LogP contribution in [0.1, 0.15) is 48.5 Å².